The Balaban J connectivity index is 1.36. The number of aliphatic imine (C=N–C) groups is 1. The summed E-state index contributed by atoms with van der Waals surface area (Å²) in [5.74, 6) is 1.60. The molecule has 1 heterocycles. The lowest BCUT2D eigenvalue weighted by atomic mass is 10.2. The lowest BCUT2D eigenvalue weighted by Gasteiger charge is -2.06. The van der Waals surface area contributed by atoms with E-state index in [-0.39, 0.29) is 5.12 Å². The van der Waals surface area contributed by atoms with Crippen molar-refractivity contribution in [3.63, 3.8) is 0 Å². The maximum absolute atomic E-state index is 12.3. The fourth-order valence-corrected chi connectivity index (χ4v) is 4.53. The average molecular weight is 418 g/mol. The van der Waals surface area contributed by atoms with Crippen LogP contribution in [0.15, 0.2) is 95.6 Å². The molecule has 0 saturated carbocycles. The Morgan fingerprint density at radius 1 is 0.862 bits per heavy atom. The number of benzene rings is 3. The van der Waals surface area contributed by atoms with Crippen LogP contribution < -0.4 is 4.74 Å². The number of thioether (sulfide) groups is 2. The molecule has 0 unspecified atom stereocenters. The highest BCUT2D eigenvalue weighted by Gasteiger charge is 2.22. The monoisotopic (exact) mass is 417 g/mol. The first-order valence-corrected chi connectivity index (χ1v) is 11.0. The van der Waals surface area contributed by atoms with E-state index < -0.39 is 0 Å². The van der Waals surface area contributed by atoms with E-state index in [2.05, 4.69) is 17.1 Å². The van der Waals surface area contributed by atoms with E-state index in [4.69, 9.17) is 4.74 Å². The zero-order valence-electron chi connectivity index (χ0n) is 15.7. The van der Waals surface area contributed by atoms with Crippen LogP contribution in [0.4, 0.5) is 0 Å². The van der Waals surface area contributed by atoms with Gasteiger partial charge in [0.1, 0.15) is 22.4 Å². The minimum atomic E-state index is -0.00929. The molecule has 0 atom stereocenters. The molecule has 0 spiro atoms. The highest BCUT2D eigenvalue weighted by Crippen LogP contribution is 2.32. The van der Waals surface area contributed by atoms with E-state index in [9.17, 15) is 4.79 Å². The topological polar surface area (TPSA) is 38.7 Å². The summed E-state index contributed by atoms with van der Waals surface area (Å²) in [6.07, 6.45) is 1.83. The third kappa shape index (κ3) is 5.62. The van der Waals surface area contributed by atoms with Crippen LogP contribution >= 0.6 is 23.5 Å². The van der Waals surface area contributed by atoms with Crippen molar-refractivity contribution in [1.29, 1.82) is 0 Å². The van der Waals surface area contributed by atoms with Crippen LogP contribution in [0, 0.1) is 0 Å². The molecule has 0 saturated heterocycles. The van der Waals surface area contributed by atoms with Gasteiger partial charge in [-0.3, -0.25) is 4.79 Å². The first-order valence-electron chi connectivity index (χ1n) is 9.22. The molecule has 29 heavy (non-hydrogen) atoms. The summed E-state index contributed by atoms with van der Waals surface area (Å²) in [4.78, 5) is 16.8. The highest BCUT2D eigenvalue weighted by molar-refractivity contribution is 8.45. The lowest BCUT2D eigenvalue weighted by Crippen LogP contribution is -1.94. The van der Waals surface area contributed by atoms with Crippen LogP contribution in [0.2, 0.25) is 0 Å². The summed E-state index contributed by atoms with van der Waals surface area (Å²) in [5, 5.41) is -0.00929. The largest absolute Gasteiger partial charge is 0.489 e. The zero-order valence-corrected chi connectivity index (χ0v) is 17.3. The molecule has 1 aliphatic rings. The second-order valence-corrected chi connectivity index (χ2v) is 8.60. The number of hydrogen-bond donors (Lipinski definition) is 0. The predicted molar refractivity (Wildman–Crippen MR) is 123 cm³/mol. The minimum Gasteiger partial charge on any atom is -0.489 e. The molecule has 0 bridgehead atoms. The molecule has 3 nitrogen and oxygen atoms in total. The Morgan fingerprint density at radius 3 is 2.21 bits per heavy atom. The smallest absolute Gasteiger partial charge is 0.244 e. The van der Waals surface area contributed by atoms with E-state index in [0.717, 1.165) is 27.0 Å². The molecular weight excluding hydrogens is 398 g/mol. The van der Waals surface area contributed by atoms with Crippen molar-refractivity contribution < 1.29 is 9.53 Å². The highest BCUT2D eigenvalue weighted by atomic mass is 32.2. The summed E-state index contributed by atoms with van der Waals surface area (Å²) >= 11 is 2.80. The summed E-state index contributed by atoms with van der Waals surface area (Å²) in [6.45, 7) is 0.530. The summed E-state index contributed by atoms with van der Waals surface area (Å²) in [5.41, 5.74) is 3.77. The van der Waals surface area contributed by atoms with Crippen molar-refractivity contribution in [1.82, 2.24) is 0 Å². The van der Waals surface area contributed by atoms with Gasteiger partial charge < -0.3 is 4.74 Å². The number of nitrogens with zero attached hydrogens (tertiary/aromatic N) is 1. The van der Waals surface area contributed by atoms with E-state index in [1.165, 1.54) is 17.3 Å². The van der Waals surface area contributed by atoms with Crippen LogP contribution in [0.25, 0.3) is 6.08 Å². The van der Waals surface area contributed by atoms with Gasteiger partial charge in [0, 0.05) is 5.75 Å². The maximum atomic E-state index is 12.3. The molecule has 0 aromatic heterocycles. The van der Waals surface area contributed by atoms with E-state index in [1.54, 1.807) is 11.8 Å². The molecule has 0 amide bonds. The van der Waals surface area contributed by atoms with Crippen molar-refractivity contribution in [2.75, 3.05) is 0 Å². The van der Waals surface area contributed by atoms with Gasteiger partial charge in [-0.15, -0.1) is 0 Å². The van der Waals surface area contributed by atoms with Gasteiger partial charge in [0.2, 0.25) is 5.12 Å². The van der Waals surface area contributed by atoms with E-state index in [1.807, 2.05) is 78.9 Å². The number of carbonyl (C=O) groups excluding carboxylic acids is 1. The summed E-state index contributed by atoms with van der Waals surface area (Å²) in [6, 6.07) is 27.9. The number of ether oxygens (including phenoxy) is 1. The Bertz CT molecular complexity index is 1030. The molecule has 3 aromatic rings. The Morgan fingerprint density at radius 2 is 1.52 bits per heavy atom. The molecule has 0 fully saturated rings. The minimum absolute atomic E-state index is 0.00929. The van der Waals surface area contributed by atoms with Crippen LogP contribution in [0.5, 0.6) is 5.75 Å². The van der Waals surface area contributed by atoms with Crippen molar-refractivity contribution >= 4 is 39.1 Å². The molecule has 144 valence electrons. The van der Waals surface area contributed by atoms with Gasteiger partial charge in [-0.05, 0) is 46.7 Å². The van der Waals surface area contributed by atoms with Crippen LogP contribution in [-0.4, -0.2) is 9.49 Å². The zero-order chi connectivity index (χ0) is 19.9. The number of rotatable bonds is 6. The fraction of sp³-hybridized carbons (Fsp3) is 0.0833. The summed E-state index contributed by atoms with van der Waals surface area (Å²) < 4.78 is 6.61. The molecule has 0 radical (unpaired) electrons. The van der Waals surface area contributed by atoms with Gasteiger partial charge in [-0.25, -0.2) is 4.99 Å². The Hall–Kier alpha value is -2.76. The van der Waals surface area contributed by atoms with Crippen molar-refractivity contribution in [3.05, 3.63) is 107 Å². The normalized spacial score (nSPS) is 14.8. The molecular formula is C24H19NO2S2. The third-order valence-corrected chi connectivity index (χ3v) is 6.32. The lowest BCUT2D eigenvalue weighted by molar-refractivity contribution is -0.107. The van der Waals surface area contributed by atoms with Gasteiger partial charge in [0.15, 0.2) is 0 Å². The van der Waals surface area contributed by atoms with Gasteiger partial charge in [-0.1, -0.05) is 84.6 Å². The SMILES string of the molecule is O=C1SC(SCc2ccccc2)=NC1=Cc1ccc(OCc2ccccc2)cc1. The van der Waals surface area contributed by atoms with Gasteiger partial charge in [-0.2, -0.15) is 0 Å². The molecule has 5 heteroatoms. The molecule has 1 aliphatic heterocycles. The quantitative estimate of drug-likeness (QED) is 0.450. The second-order valence-electron chi connectivity index (χ2n) is 6.41. The predicted octanol–water partition coefficient (Wildman–Crippen LogP) is 6.17. The van der Waals surface area contributed by atoms with Gasteiger partial charge in [0.25, 0.3) is 0 Å². The van der Waals surface area contributed by atoms with E-state index in [0.29, 0.717) is 12.3 Å². The molecule has 4 rings (SSSR count). The molecule has 0 aliphatic carbocycles. The average Bonchev–Trinajstić information content (AvgIpc) is 3.12. The van der Waals surface area contributed by atoms with Gasteiger partial charge >= 0.3 is 0 Å². The second kappa shape index (κ2) is 9.63. The van der Waals surface area contributed by atoms with Crippen LogP contribution in [0.3, 0.4) is 0 Å². The number of hydrogen-bond acceptors (Lipinski definition) is 5. The summed E-state index contributed by atoms with van der Waals surface area (Å²) in [7, 11) is 0. The first-order chi connectivity index (χ1) is 14.3. The third-order valence-electron chi connectivity index (χ3n) is 4.24. The van der Waals surface area contributed by atoms with Crippen molar-refractivity contribution in [2.24, 2.45) is 4.99 Å². The van der Waals surface area contributed by atoms with Crippen molar-refractivity contribution in [3.8, 4) is 5.75 Å². The fourth-order valence-electron chi connectivity index (χ4n) is 2.73. The van der Waals surface area contributed by atoms with Crippen LogP contribution in [0.1, 0.15) is 16.7 Å². The Labute approximate surface area is 178 Å². The van der Waals surface area contributed by atoms with Crippen LogP contribution in [-0.2, 0) is 17.2 Å². The molecule has 0 N–H and O–H groups in total. The Kier molecular flexibility index (Phi) is 6.49. The maximum Gasteiger partial charge on any atom is 0.244 e. The standard InChI is InChI=1S/C24H19NO2S2/c26-23-22(25-24(29-23)28-17-20-9-5-2-6-10-20)15-18-11-13-21(14-12-18)27-16-19-7-3-1-4-8-19/h1-15H,16-17H2. The van der Waals surface area contributed by atoms with E-state index >= 15 is 0 Å². The van der Waals surface area contributed by atoms with Gasteiger partial charge in [0.05, 0.1) is 0 Å². The molecule has 3 aromatic carbocycles. The van der Waals surface area contributed by atoms with Crippen molar-refractivity contribution in [2.45, 2.75) is 12.4 Å². The number of carbonyl (C=O) groups is 1. The first kappa shape index (κ1) is 19.6.